The van der Waals surface area contributed by atoms with Crippen LogP contribution >= 0.6 is 0 Å². The third kappa shape index (κ3) is 7.28. The number of fused-ring (bicyclic) bond motifs is 1. The van der Waals surface area contributed by atoms with Crippen molar-refractivity contribution >= 4 is 27.8 Å². The van der Waals surface area contributed by atoms with E-state index in [-0.39, 0.29) is 34.6 Å². The van der Waals surface area contributed by atoms with Gasteiger partial charge < -0.3 is 19.3 Å². The number of H-pyrrole nitrogens is 1. The van der Waals surface area contributed by atoms with Gasteiger partial charge in [0.05, 0.1) is 38.8 Å². The SMILES string of the molecule is Cc1c(OCC(F)(F)F)ccnc1CS(=O)c1nc2ccc(OC(=O)c3ccc(CO[N+](=O)[O-])cc3)cc2[nH]1. The molecule has 0 bridgehead atoms. The smallest absolute Gasteiger partial charge is 0.422 e. The summed E-state index contributed by atoms with van der Waals surface area (Å²) >= 11 is 0. The molecule has 39 heavy (non-hydrogen) atoms. The second-order valence-electron chi connectivity index (χ2n) is 8.08. The van der Waals surface area contributed by atoms with Crippen LogP contribution < -0.4 is 9.47 Å². The van der Waals surface area contributed by atoms with Gasteiger partial charge in [0, 0.05) is 17.8 Å². The maximum Gasteiger partial charge on any atom is 0.422 e. The summed E-state index contributed by atoms with van der Waals surface area (Å²) in [5.74, 6) is -0.626. The van der Waals surface area contributed by atoms with E-state index in [9.17, 15) is 32.3 Å². The monoisotopic (exact) mass is 564 g/mol. The molecule has 4 aromatic rings. The van der Waals surface area contributed by atoms with Crippen molar-refractivity contribution in [1.82, 2.24) is 15.0 Å². The third-order valence-corrected chi connectivity index (χ3v) is 6.46. The van der Waals surface area contributed by atoms with Crippen LogP contribution in [-0.4, -0.2) is 43.0 Å². The van der Waals surface area contributed by atoms with E-state index in [0.29, 0.717) is 27.9 Å². The molecule has 0 fully saturated rings. The number of benzene rings is 2. The fourth-order valence-electron chi connectivity index (χ4n) is 3.38. The van der Waals surface area contributed by atoms with Crippen LogP contribution in [0.5, 0.6) is 11.5 Å². The Morgan fingerprint density at radius 2 is 1.90 bits per heavy atom. The van der Waals surface area contributed by atoms with E-state index < -0.39 is 34.6 Å². The molecular weight excluding hydrogens is 545 g/mol. The highest BCUT2D eigenvalue weighted by atomic mass is 32.2. The lowest BCUT2D eigenvalue weighted by Crippen LogP contribution is -2.19. The largest absolute Gasteiger partial charge is 0.484 e. The van der Waals surface area contributed by atoms with Crippen LogP contribution in [0.2, 0.25) is 0 Å². The number of nitrogens with one attached hydrogen (secondary N) is 1. The van der Waals surface area contributed by atoms with Crippen molar-refractivity contribution in [1.29, 1.82) is 0 Å². The summed E-state index contributed by atoms with van der Waals surface area (Å²) in [6, 6.07) is 11.7. The summed E-state index contributed by atoms with van der Waals surface area (Å²) in [6.07, 6.45) is -3.22. The lowest BCUT2D eigenvalue weighted by atomic mass is 10.1. The van der Waals surface area contributed by atoms with E-state index in [4.69, 9.17) is 9.47 Å². The number of alkyl halides is 3. The first-order chi connectivity index (χ1) is 18.5. The molecule has 0 spiro atoms. The molecule has 11 nitrogen and oxygen atoms in total. The molecular formula is C24H19F3N4O7S. The van der Waals surface area contributed by atoms with Crippen molar-refractivity contribution < 1.29 is 41.6 Å². The highest BCUT2D eigenvalue weighted by Gasteiger charge is 2.29. The van der Waals surface area contributed by atoms with E-state index in [1.807, 2.05) is 0 Å². The van der Waals surface area contributed by atoms with Crippen molar-refractivity contribution in [3.05, 3.63) is 87.2 Å². The number of hydrogen-bond donors (Lipinski definition) is 1. The highest BCUT2D eigenvalue weighted by Crippen LogP contribution is 2.26. The minimum absolute atomic E-state index is 0.00933. The Labute approximate surface area is 220 Å². The molecule has 4 rings (SSSR count). The maximum atomic E-state index is 12.9. The van der Waals surface area contributed by atoms with Gasteiger partial charge in [-0.25, -0.2) is 9.78 Å². The standard InChI is InChI=1S/C24H19F3N4O7S/c1-14-20(28-9-8-21(14)36-13-24(25,26)27)12-39(35)23-29-18-7-6-17(10-19(18)30-23)38-22(32)16-4-2-15(3-5-16)11-37-31(33)34/h2-10H,11-13H2,1H3,(H,29,30). The van der Waals surface area contributed by atoms with Gasteiger partial charge in [0.15, 0.2) is 11.8 Å². The summed E-state index contributed by atoms with van der Waals surface area (Å²) in [6.45, 7) is -0.186. The summed E-state index contributed by atoms with van der Waals surface area (Å²) in [5, 5.41) is 9.47. The third-order valence-electron chi connectivity index (χ3n) is 5.30. The second kappa shape index (κ2) is 11.5. The molecule has 15 heteroatoms. The first-order valence-electron chi connectivity index (χ1n) is 11.1. The van der Waals surface area contributed by atoms with Gasteiger partial charge in [0.25, 0.3) is 5.09 Å². The molecule has 1 N–H and O–H groups in total. The molecule has 2 aromatic carbocycles. The summed E-state index contributed by atoms with van der Waals surface area (Å²) in [4.78, 5) is 38.3. The number of carbonyl (C=O) groups is 1. The number of hydrogen-bond acceptors (Lipinski definition) is 9. The maximum absolute atomic E-state index is 12.9. The number of aromatic amines is 1. The number of carbonyl (C=O) groups excluding carboxylic acids is 1. The average molecular weight is 564 g/mol. The van der Waals surface area contributed by atoms with Crippen LogP contribution in [0.25, 0.3) is 11.0 Å². The van der Waals surface area contributed by atoms with E-state index in [0.717, 1.165) is 0 Å². The van der Waals surface area contributed by atoms with Crippen molar-refractivity contribution in [2.75, 3.05) is 6.61 Å². The van der Waals surface area contributed by atoms with Gasteiger partial charge in [-0.2, -0.15) is 13.2 Å². The van der Waals surface area contributed by atoms with Gasteiger partial charge in [-0.05, 0) is 42.8 Å². The number of halogens is 3. The van der Waals surface area contributed by atoms with Crippen LogP contribution in [0.15, 0.2) is 59.9 Å². The van der Waals surface area contributed by atoms with Crippen molar-refractivity contribution in [3.8, 4) is 11.5 Å². The first-order valence-corrected chi connectivity index (χ1v) is 12.4. The predicted octanol–water partition coefficient (Wildman–Crippen LogP) is 4.44. The van der Waals surface area contributed by atoms with E-state index in [2.05, 4.69) is 19.8 Å². The van der Waals surface area contributed by atoms with Crippen LogP contribution in [0, 0.1) is 17.0 Å². The zero-order chi connectivity index (χ0) is 28.2. The Kier molecular flexibility index (Phi) is 8.09. The zero-order valence-electron chi connectivity index (χ0n) is 20.1. The molecule has 2 aromatic heterocycles. The molecule has 1 atom stereocenters. The van der Waals surface area contributed by atoms with Gasteiger partial charge in [-0.1, -0.05) is 12.1 Å². The number of nitrogens with zero attached hydrogens (tertiary/aromatic N) is 3. The molecule has 0 radical (unpaired) electrons. The van der Waals surface area contributed by atoms with E-state index >= 15 is 0 Å². The number of aromatic nitrogens is 3. The Morgan fingerprint density at radius 3 is 2.59 bits per heavy atom. The topological polar surface area (TPSA) is 147 Å². The minimum Gasteiger partial charge on any atom is -0.484 e. The molecule has 1 unspecified atom stereocenters. The van der Waals surface area contributed by atoms with Crippen LogP contribution in [0.3, 0.4) is 0 Å². The van der Waals surface area contributed by atoms with Gasteiger partial charge >= 0.3 is 12.1 Å². The van der Waals surface area contributed by atoms with Gasteiger partial charge in [-0.15, -0.1) is 10.1 Å². The Balaban J connectivity index is 1.43. The quantitative estimate of drug-likeness (QED) is 0.128. The Morgan fingerprint density at radius 1 is 1.15 bits per heavy atom. The zero-order valence-corrected chi connectivity index (χ0v) is 20.9. The van der Waals surface area contributed by atoms with Crippen LogP contribution in [-0.2, 0) is 28.0 Å². The molecule has 0 aliphatic heterocycles. The molecule has 204 valence electrons. The normalized spacial score (nSPS) is 12.2. The second-order valence-corrected chi connectivity index (χ2v) is 9.45. The fourth-order valence-corrected chi connectivity index (χ4v) is 4.48. The molecule has 0 amide bonds. The van der Waals surface area contributed by atoms with Gasteiger partial charge in [0.2, 0.25) is 0 Å². The first kappa shape index (κ1) is 27.5. The minimum atomic E-state index is -4.50. The van der Waals surface area contributed by atoms with Gasteiger partial charge in [-0.3, -0.25) is 9.19 Å². The van der Waals surface area contributed by atoms with E-state index in [1.54, 1.807) is 6.07 Å². The van der Waals surface area contributed by atoms with Crippen molar-refractivity contribution in [2.45, 2.75) is 30.6 Å². The molecule has 0 saturated carbocycles. The molecule has 0 aliphatic rings. The molecule has 0 aliphatic carbocycles. The fraction of sp³-hybridized carbons (Fsp3) is 0.208. The molecule has 0 saturated heterocycles. The lowest BCUT2D eigenvalue weighted by Gasteiger charge is -2.13. The number of esters is 1. The summed E-state index contributed by atoms with van der Waals surface area (Å²) in [5.41, 5.74) is 2.20. The van der Waals surface area contributed by atoms with E-state index in [1.165, 1.54) is 55.6 Å². The predicted molar refractivity (Wildman–Crippen MR) is 130 cm³/mol. The van der Waals surface area contributed by atoms with Crippen molar-refractivity contribution in [2.24, 2.45) is 0 Å². The van der Waals surface area contributed by atoms with Crippen LogP contribution in [0.4, 0.5) is 13.2 Å². The summed E-state index contributed by atoms with van der Waals surface area (Å²) < 4.78 is 60.7. The number of ether oxygens (including phenoxy) is 2. The van der Waals surface area contributed by atoms with Gasteiger partial charge in [0.1, 0.15) is 18.1 Å². The van der Waals surface area contributed by atoms with Crippen LogP contribution in [0.1, 0.15) is 27.2 Å². The number of pyridine rings is 1. The summed E-state index contributed by atoms with van der Waals surface area (Å²) in [7, 11) is -1.73. The lowest BCUT2D eigenvalue weighted by molar-refractivity contribution is -0.763. The number of rotatable bonds is 10. The average Bonchev–Trinajstić information content (AvgIpc) is 3.31. The Hall–Kier alpha value is -4.53. The molecule has 2 heterocycles. The number of imidazole rings is 1. The Bertz CT molecular complexity index is 1540. The van der Waals surface area contributed by atoms with Crippen molar-refractivity contribution in [3.63, 3.8) is 0 Å². The highest BCUT2D eigenvalue weighted by molar-refractivity contribution is 7.84.